The zero-order valence-electron chi connectivity index (χ0n) is 23.5. The molecule has 0 saturated carbocycles. The number of ether oxygens (including phenoxy) is 1. The van der Waals surface area contributed by atoms with Gasteiger partial charge in [0.25, 0.3) is 0 Å². The Labute approximate surface area is 240 Å². The molecule has 2 aliphatic rings. The lowest BCUT2D eigenvalue weighted by Crippen LogP contribution is -2.62. The normalized spacial score (nSPS) is 18.9. The van der Waals surface area contributed by atoms with Gasteiger partial charge in [-0.2, -0.15) is 0 Å². The number of nitrogens with zero attached hydrogens (tertiary/aromatic N) is 1. The van der Waals surface area contributed by atoms with E-state index in [9.17, 15) is 19.5 Å². The molecule has 2 atom stereocenters. The Kier molecular flexibility index (Phi) is 8.40. The number of carbonyl (C=O) groups excluding carboxylic acids is 2. The number of likely N-dealkylation sites (tertiary alicyclic amines) is 1. The lowest BCUT2D eigenvalue weighted by atomic mass is 9.95. The lowest BCUT2D eigenvalue weighted by molar-refractivity contribution is -0.143. The van der Waals surface area contributed by atoms with Crippen LogP contribution in [0.1, 0.15) is 49.3 Å². The average molecular weight is 556 g/mol. The molecule has 5 rings (SSSR count). The number of carboxylic acid groups (broad SMARTS) is 1. The maximum absolute atomic E-state index is 13.7. The molecule has 3 aromatic rings. The van der Waals surface area contributed by atoms with Crippen LogP contribution in [0.25, 0.3) is 11.1 Å². The number of alkyl carbamates (subject to hydrolysis) is 1. The Hall–Kier alpha value is -4.17. The van der Waals surface area contributed by atoms with Gasteiger partial charge in [-0.25, -0.2) is 9.59 Å². The number of aliphatic carboxylic acids is 1. The molecule has 1 saturated heterocycles. The second kappa shape index (κ2) is 12.1. The van der Waals surface area contributed by atoms with Crippen molar-refractivity contribution in [3.63, 3.8) is 0 Å². The van der Waals surface area contributed by atoms with Gasteiger partial charge in [-0.05, 0) is 46.6 Å². The van der Waals surface area contributed by atoms with Gasteiger partial charge in [0, 0.05) is 25.6 Å². The molecule has 0 aromatic heterocycles. The van der Waals surface area contributed by atoms with Gasteiger partial charge in [-0.15, -0.1) is 0 Å². The van der Waals surface area contributed by atoms with Gasteiger partial charge in [0.15, 0.2) is 0 Å². The van der Waals surface area contributed by atoms with E-state index in [0.717, 1.165) is 27.8 Å². The Balaban J connectivity index is 1.32. The summed E-state index contributed by atoms with van der Waals surface area (Å²) in [4.78, 5) is 41.0. The molecular formula is C33H37N3O5. The molecule has 0 spiro atoms. The van der Waals surface area contributed by atoms with Crippen LogP contribution in [0.3, 0.4) is 0 Å². The minimum absolute atomic E-state index is 0.0700. The number of fused-ring (bicyclic) bond motifs is 3. The Morgan fingerprint density at radius 2 is 1.56 bits per heavy atom. The van der Waals surface area contributed by atoms with E-state index in [1.807, 2.05) is 68.4 Å². The van der Waals surface area contributed by atoms with Crippen molar-refractivity contribution in [2.75, 3.05) is 19.7 Å². The van der Waals surface area contributed by atoms with E-state index in [2.05, 4.69) is 39.8 Å². The molecule has 2 unspecified atom stereocenters. The molecule has 3 N–H and O–H groups in total. The summed E-state index contributed by atoms with van der Waals surface area (Å²) in [5, 5.41) is 15.3. The molecule has 1 aliphatic heterocycles. The van der Waals surface area contributed by atoms with Gasteiger partial charge in [0.2, 0.25) is 5.91 Å². The largest absolute Gasteiger partial charge is 0.480 e. The standard InChI is InChI=1S/C33H37N3O5/c1-22(2)18-29(30(37)38)34-31(39)33(16-17-36(21-33)19-23-10-4-3-5-11-23)35-32(40)41-20-28-26-14-8-6-12-24(26)25-13-7-9-15-27(25)28/h3-15,22,28-29H,16-21H2,1-2H3,(H,34,39)(H,35,40)(H,37,38). The second-order valence-corrected chi connectivity index (χ2v) is 11.5. The lowest BCUT2D eigenvalue weighted by Gasteiger charge is -2.31. The van der Waals surface area contributed by atoms with Crippen LogP contribution in [0.2, 0.25) is 0 Å². The molecule has 0 bridgehead atoms. The van der Waals surface area contributed by atoms with Crippen molar-refractivity contribution in [3.05, 3.63) is 95.6 Å². The summed E-state index contributed by atoms with van der Waals surface area (Å²) in [5.74, 6) is -1.64. The minimum atomic E-state index is -1.32. The molecule has 3 aromatic carbocycles. The fraction of sp³-hybridized carbons (Fsp3) is 0.364. The summed E-state index contributed by atoms with van der Waals surface area (Å²) in [6, 6.07) is 25.1. The van der Waals surface area contributed by atoms with Gasteiger partial charge in [-0.1, -0.05) is 92.7 Å². The first-order valence-corrected chi connectivity index (χ1v) is 14.2. The maximum Gasteiger partial charge on any atom is 0.408 e. The van der Waals surface area contributed by atoms with Crippen molar-refractivity contribution in [2.24, 2.45) is 5.92 Å². The molecule has 1 fully saturated rings. The molecule has 0 radical (unpaired) electrons. The average Bonchev–Trinajstić information content (AvgIpc) is 3.51. The number of hydrogen-bond acceptors (Lipinski definition) is 5. The number of hydrogen-bond donors (Lipinski definition) is 3. The fourth-order valence-electron chi connectivity index (χ4n) is 6.03. The summed E-state index contributed by atoms with van der Waals surface area (Å²) >= 11 is 0. The summed E-state index contributed by atoms with van der Waals surface area (Å²) in [6.45, 7) is 5.35. The zero-order valence-corrected chi connectivity index (χ0v) is 23.5. The molecule has 1 heterocycles. The number of carbonyl (C=O) groups is 3. The van der Waals surface area contributed by atoms with Crippen LogP contribution < -0.4 is 10.6 Å². The zero-order chi connectivity index (χ0) is 29.0. The van der Waals surface area contributed by atoms with E-state index in [1.54, 1.807) is 0 Å². The van der Waals surface area contributed by atoms with Crippen LogP contribution in [-0.4, -0.2) is 59.3 Å². The van der Waals surface area contributed by atoms with Crippen molar-refractivity contribution in [3.8, 4) is 11.1 Å². The van der Waals surface area contributed by atoms with Crippen LogP contribution in [0, 0.1) is 5.92 Å². The Morgan fingerprint density at radius 3 is 2.17 bits per heavy atom. The topological polar surface area (TPSA) is 108 Å². The minimum Gasteiger partial charge on any atom is -0.480 e. The van der Waals surface area contributed by atoms with Crippen LogP contribution >= 0.6 is 0 Å². The third kappa shape index (κ3) is 6.28. The maximum atomic E-state index is 13.7. The van der Waals surface area contributed by atoms with Crippen LogP contribution in [0.4, 0.5) is 4.79 Å². The summed E-state index contributed by atoms with van der Waals surface area (Å²) in [5.41, 5.74) is 4.23. The highest BCUT2D eigenvalue weighted by Crippen LogP contribution is 2.44. The number of nitrogens with one attached hydrogen (secondary N) is 2. The van der Waals surface area contributed by atoms with Crippen molar-refractivity contribution in [2.45, 2.75) is 50.7 Å². The first kappa shape index (κ1) is 28.4. The highest BCUT2D eigenvalue weighted by Gasteiger charge is 2.47. The molecular weight excluding hydrogens is 518 g/mol. The van der Waals surface area contributed by atoms with E-state index >= 15 is 0 Å². The monoisotopic (exact) mass is 555 g/mol. The number of rotatable bonds is 10. The van der Waals surface area contributed by atoms with Crippen molar-refractivity contribution in [1.82, 2.24) is 15.5 Å². The van der Waals surface area contributed by atoms with Crippen molar-refractivity contribution in [1.29, 1.82) is 0 Å². The highest BCUT2D eigenvalue weighted by atomic mass is 16.5. The van der Waals surface area contributed by atoms with Gasteiger partial charge >= 0.3 is 12.1 Å². The van der Waals surface area contributed by atoms with Crippen molar-refractivity contribution >= 4 is 18.0 Å². The molecule has 8 heteroatoms. The number of carboxylic acids is 1. The second-order valence-electron chi connectivity index (χ2n) is 11.5. The summed E-state index contributed by atoms with van der Waals surface area (Å²) in [7, 11) is 0. The van der Waals surface area contributed by atoms with E-state index in [4.69, 9.17) is 4.74 Å². The van der Waals surface area contributed by atoms with Crippen LogP contribution in [0.5, 0.6) is 0 Å². The fourth-order valence-corrected chi connectivity index (χ4v) is 6.03. The van der Waals surface area contributed by atoms with E-state index in [1.165, 1.54) is 0 Å². The van der Waals surface area contributed by atoms with E-state index < -0.39 is 29.6 Å². The van der Waals surface area contributed by atoms with Gasteiger partial charge < -0.3 is 20.5 Å². The predicted octanol–water partition coefficient (Wildman–Crippen LogP) is 4.79. The SMILES string of the molecule is CC(C)CC(NC(=O)C1(NC(=O)OCC2c3ccccc3-c3ccccc32)CCN(Cc2ccccc2)C1)C(=O)O. The Bertz CT molecular complexity index is 1360. The first-order valence-electron chi connectivity index (χ1n) is 14.2. The molecule has 2 amide bonds. The third-order valence-corrected chi connectivity index (χ3v) is 8.03. The summed E-state index contributed by atoms with van der Waals surface area (Å²) < 4.78 is 5.78. The van der Waals surface area contributed by atoms with Crippen molar-refractivity contribution < 1.29 is 24.2 Å². The summed E-state index contributed by atoms with van der Waals surface area (Å²) in [6.07, 6.45) is -0.0704. The first-order chi connectivity index (χ1) is 19.8. The molecule has 8 nitrogen and oxygen atoms in total. The molecule has 1 aliphatic carbocycles. The third-order valence-electron chi connectivity index (χ3n) is 8.03. The van der Waals surface area contributed by atoms with Gasteiger partial charge in [0.1, 0.15) is 18.2 Å². The molecule has 214 valence electrons. The molecule has 41 heavy (non-hydrogen) atoms. The highest BCUT2D eigenvalue weighted by molar-refractivity contribution is 5.93. The van der Waals surface area contributed by atoms with E-state index in [0.29, 0.717) is 19.5 Å². The van der Waals surface area contributed by atoms with Gasteiger partial charge in [-0.3, -0.25) is 9.69 Å². The number of benzene rings is 3. The smallest absolute Gasteiger partial charge is 0.408 e. The van der Waals surface area contributed by atoms with Crippen LogP contribution in [0.15, 0.2) is 78.9 Å². The number of amides is 2. The predicted molar refractivity (Wildman–Crippen MR) is 156 cm³/mol. The van der Waals surface area contributed by atoms with Gasteiger partial charge in [0.05, 0.1) is 0 Å². The Morgan fingerprint density at radius 1 is 0.951 bits per heavy atom. The van der Waals surface area contributed by atoms with Crippen LogP contribution in [-0.2, 0) is 20.9 Å². The van der Waals surface area contributed by atoms with E-state index in [-0.39, 0.29) is 31.4 Å². The quantitative estimate of drug-likeness (QED) is 0.332.